The summed E-state index contributed by atoms with van der Waals surface area (Å²) in [6, 6.07) is 14.4. The molecule has 36 heavy (non-hydrogen) atoms. The number of benzene rings is 3. The second-order valence-corrected chi connectivity index (χ2v) is 11.6. The van der Waals surface area contributed by atoms with E-state index in [9.17, 15) is 26.0 Å². The van der Waals surface area contributed by atoms with Crippen molar-refractivity contribution in [2.24, 2.45) is 0 Å². The number of hydrogen-bond donors (Lipinski definition) is 2. The van der Waals surface area contributed by atoms with Crippen molar-refractivity contribution in [3.05, 3.63) is 77.6 Å². The Balaban J connectivity index is 1.75. The van der Waals surface area contributed by atoms with Crippen LogP contribution in [0.1, 0.15) is 6.42 Å². The average Bonchev–Trinajstić information content (AvgIpc) is 2.84. The molecule has 192 valence electrons. The number of nitrogens with zero attached hydrogens (tertiary/aromatic N) is 1. The van der Waals surface area contributed by atoms with Crippen LogP contribution in [0.2, 0.25) is 5.02 Å². The van der Waals surface area contributed by atoms with E-state index < -0.39 is 31.8 Å². The summed E-state index contributed by atoms with van der Waals surface area (Å²) in [5, 5.41) is 2.89. The minimum absolute atomic E-state index is 0.00984. The predicted octanol–water partition coefficient (Wildman–Crippen LogP) is 3.62. The van der Waals surface area contributed by atoms with Crippen LogP contribution in [0.25, 0.3) is 0 Å². The Hall–Kier alpha value is -3.19. The first kappa shape index (κ1) is 27.4. The molecule has 9 nitrogen and oxygen atoms in total. The molecule has 1 amide bonds. The van der Waals surface area contributed by atoms with Gasteiger partial charge in [0.15, 0.2) is 0 Å². The van der Waals surface area contributed by atoms with Crippen molar-refractivity contribution in [3.63, 3.8) is 0 Å². The van der Waals surface area contributed by atoms with E-state index in [0.29, 0.717) is 10.7 Å². The Morgan fingerprint density at radius 1 is 0.972 bits per heavy atom. The van der Waals surface area contributed by atoms with Gasteiger partial charge < -0.3 is 10.1 Å². The van der Waals surface area contributed by atoms with Crippen molar-refractivity contribution < 1.29 is 30.8 Å². The van der Waals surface area contributed by atoms with E-state index in [1.807, 2.05) is 0 Å². The van der Waals surface area contributed by atoms with Gasteiger partial charge in [-0.05, 0) is 66.7 Å². The number of nitrogens with one attached hydrogen (secondary N) is 2. The summed E-state index contributed by atoms with van der Waals surface area (Å²) in [7, 11) is -5.57. The van der Waals surface area contributed by atoms with Crippen LogP contribution < -0.4 is 19.1 Å². The molecule has 0 unspecified atom stereocenters. The standard InChI is InChI=1S/C23H23ClFN3O6S2/c1-28(36(32,33)19-9-3-16(24)4-10-19)21-15-20(11-12-22(21)34-2)35(30,31)26-14-13-23(29)27-18-7-5-17(25)6-8-18/h3-12,15,26H,13-14H2,1-2H3,(H,27,29). The molecule has 0 aliphatic rings. The van der Waals surface area contributed by atoms with Crippen LogP contribution in [0.15, 0.2) is 76.5 Å². The van der Waals surface area contributed by atoms with Gasteiger partial charge in [0, 0.05) is 30.7 Å². The summed E-state index contributed by atoms with van der Waals surface area (Å²) in [5.74, 6) is -0.799. The first-order chi connectivity index (χ1) is 16.9. The summed E-state index contributed by atoms with van der Waals surface area (Å²) in [5.41, 5.74) is 0.360. The zero-order valence-electron chi connectivity index (χ0n) is 19.2. The lowest BCUT2D eigenvalue weighted by molar-refractivity contribution is -0.116. The summed E-state index contributed by atoms with van der Waals surface area (Å²) in [6.45, 7) is -0.227. The molecule has 2 N–H and O–H groups in total. The maximum atomic E-state index is 13.1. The van der Waals surface area contributed by atoms with Crippen molar-refractivity contribution >= 4 is 48.9 Å². The SMILES string of the molecule is COc1ccc(S(=O)(=O)NCCC(=O)Nc2ccc(F)cc2)cc1N(C)S(=O)(=O)c1ccc(Cl)cc1. The first-order valence-corrected chi connectivity index (χ1v) is 13.7. The van der Waals surface area contributed by atoms with E-state index >= 15 is 0 Å². The molecule has 0 spiro atoms. The van der Waals surface area contributed by atoms with E-state index in [1.165, 1.54) is 74.8 Å². The van der Waals surface area contributed by atoms with Gasteiger partial charge in [-0.1, -0.05) is 11.6 Å². The second kappa shape index (κ2) is 11.2. The van der Waals surface area contributed by atoms with Gasteiger partial charge >= 0.3 is 0 Å². The third kappa shape index (κ3) is 6.52. The van der Waals surface area contributed by atoms with E-state index in [0.717, 1.165) is 10.4 Å². The fraction of sp³-hybridized carbons (Fsp3) is 0.174. The number of halogens is 2. The maximum Gasteiger partial charge on any atom is 0.264 e. The highest BCUT2D eigenvalue weighted by Crippen LogP contribution is 2.33. The van der Waals surface area contributed by atoms with Crippen molar-refractivity contribution in [1.82, 2.24) is 4.72 Å². The average molecular weight is 556 g/mol. The Labute approximate surface area is 213 Å². The third-order valence-electron chi connectivity index (χ3n) is 5.04. The van der Waals surface area contributed by atoms with Gasteiger partial charge in [-0.25, -0.2) is 25.9 Å². The van der Waals surface area contributed by atoms with Crippen LogP contribution in [0.3, 0.4) is 0 Å². The molecule has 0 heterocycles. The van der Waals surface area contributed by atoms with Crippen LogP contribution >= 0.6 is 11.6 Å². The maximum absolute atomic E-state index is 13.1. The monoisotopic (exact) mass is 555 g/mol. The number of amides is 1. The van der Waals surface area contributed by atoms with Crippen molar-refractivity contribution in [3.8, 4) is 5.75 Å². The Bertz CT molecular complexity index is 1450. The summed E-state index contributed by atoms with van der Waals surface area (Å²) in [4.78, 5) is 11.8. The van der Waals surface area contributed by atoms with Gasteiger partial charge in [0.1, 0.15) is 11.6 Å². The van der Waals surface area contributed by atoms with E-state index in [4.69, 9.17) is 16.3 Å². The summed E-state index contributed by atoms with van der Waals surface area (Å²) < 4.78 is 73.3. The number of carbonyl (C=O) groups is 1. The largest absolute Gasteiger partial charge is 0.495 e. The van der Waals surface area contributed by atoms with E-state index in [-0.39, 0.29) is 34.2 Å². The van der Waals surface area contributed by atoms with Crippen molar-refractivity contribution in [2.75, 3.05) is 30.3 Å². The van der Waals surface area contributed by atoms with Gasteiger partial charge in [0.2, 0.25) is 15.9 Å². The van der Waals surface area contributed by atoms with Crippen LogP contribution in [-0.4, -0.2) is 43.4 Å². The van der Waals surface area contributed by atoms with Crippen LogP contribution in [0.5, 0.6) is 5.75 Å². The number of hydrogen-bond acceptors (Lipinski definition) is 6. The molecule has 3 aromatic rings. The zero-order chi connectivity index (χ0) is 26.5. The molecule has 3 rings (SSSR count). The minimum Gasteiger partial charge on any atom is -0.495 e. The molecule has 0 saturated heterocycles. The molecule has 0 bridgehead atoms. The molecule has 0 aliphatic heterocycles. The molecular formula is C23H23ClFN3O6S2. The highest BCUT2D eigenvalue weighted by atomic mass is 35.5. The zero-order valence-corrected chi connectivity index (χ0v) is 21.6. The van der Waals surface area contributed by atoms with Gasteiger partial charge in [0.25, 0.3) is 10.0 Å². The van der Waals surface area contributed by atoms with Gasteiger partial charge in [-0.3, -0.25) is 9.10 Å². The second-order valence-electron chi connectivity index (χ2n) is 7.46. The Morgan fingerprint density at radius 3 is 2.19 bits per heavy atom. The van der Waals surface area contributed by atoms with Gasteiger partial charge in [0.05, 0.1) is 22.6 Å². The van der Waals surface area contributed by atoms with Crippen molar-refractivity contribution in [1.29, 1.82) is 0 Å². The molecule has 0 atom stereocenters. The summed E-state index contributed by atoms with van der Waals surface area (Å²) in [6.07, 6.45) is -0.190. The molecule has 3 aromatic carbocycles. The lowest BCUT2D eigenvalue weighted by Gasteiger charge is -2.22. The normalized spacial score (nSPS) is 11.7. The smallest absolute Gasteiger partial charge is 0.264 e. The van der Waals surface area contributed by atoms with Crippen LogP contribution in [0, 0.1) is 5.82 Å². The lowest BCUT2D eigenvalue weighted by Crippen LogP contribution is -2.29. The molecule has 0 aromatic heterocycles. The number of carbonyl (C=O) groups excluding carboxylic acids is 1. The molecule has 0 saturated carbocycles. The Kier molecular flexibility index (Phi) is 8.56. The topological polar surface area (TPSA) is 122 Å². The number of sulfonamides is 2. The molecular weight excluding hydrogens is 533 g/mol. The number of anilines is 2. The van der Waals surface area contributed by atoms with E-state index in [1.54, 1.807) is 0 Å². The Morgan fingerprint density at radius 2 is 1.58 bits per heavy atom. The third-order valence-corrected chi connectivity index (χ3v) is 8.54. The van der Waals surface area contributed by atoms with Crippen molar-refractivity contribution in [2.45, 2.75) is 16.2 Å². The number of methoxy groups -OCH3 is 1. The number of ether oxygens (including phenoxy) is 1. The molecule has 0 fully saturated rings. The molecule has 0 radical (unpaired) electrons. The number of rotatable bonds is 10. The molecule has 13 heteroatoms. The quantitative estimate of drug-likeness (QED) is 0.394. The predicted molar refractivity (Wildman–Crippen MR) is 135 cm³/mol. The highest BCUT2D eigenvalue weighted by molar-refractivity contribution is 7.92. The molecule has 0 aliphatic carbocycles. The van der Waals surface area contributed by atoms with Crippen LogP contribution in [0.4, 0.5) is 15.8 Å². The fourth-order valence-corrected chi connectivity index (χ4v) is 5.49. The first-order valence-electron chi connectivity index (χ1n) is 10.4. The fourth-order valence-electron chi connectivity index (χ4n) is 3.12. The summed E-state index contributed by atoms with van der Waals surface area (Å²) >= 11 is 5.84. The van der Waals surface area contributed by atoms with Gasteiger partial charge in [-0.15, -0.1) is 0 Å². The minimum atomic E-state index is -4.11. The van der Waals surface area contributed by atoms with E-state index in [2.05, 4.69) is 10.0 Å². The highest BCUT2D eigenvalue weighted by Gasteiger charge is 2.26. The van der Waals surface area contributed by atoms with Gasteiger partial charge in [-0.2, -0.15) is 0 Å². The van der Waals surface area contributed by atoms with Crippen LogP contribution in [-0.2, 0) is 24.8 Å². The lowest BCUT2D eigenvalue weighted by atomic mass is 10.3.